The molecule has 0 saturated heterocycles. The molecule has 1 aliphatic carbocycles. The maximum Gasteiger partial charge on any atom is 0.0895 e. The van der Waals surface area contributed by atoms with E-state index in [2.05, 4.69) is 34.2 Å². The van der Waals surface area contributed by atoms with Crippen molar-refractivity contribution in [3.05, 3.63) is 29.8 Å². The number of hydrogen-bond acceptors (Lipinski definition) is 3. The molecule has 1 aliphatic heterocycles. The van der Waals surface area contributed by atoms with E-state index >= 15 is 0 Å². The molecule has 0 unspecified atom stereocenters. The van der Waals surface area contributed by atoms with E-state index in [1.807, 2.05) is 6.34 Å². The first-order valence-corrected chi connectivity index (χ1v) is 5.83. The fourth-order valence-corrected chi connectivity index (χ4v) is 2.12. The van der Waals surface area contributed by atoms with E-state index in [4.69, 9.17) is 0 Å². The summed E-state index contributed by atoms with van der Waals surface area (Å²) in [7, 11) is 0. The molecule has 1 aromatic rings. The minimum absolute atomic E-state index is 0.405. The molecule has 0 amide bonds. The quantitative estimate of drug-likeness (QED) is 0.833. The third kappa shape index (κ3) is 1.95. The minimum Gasteiger partial charge on any atom is -0.390 e. The van der Waals surface area contributed by atoms with Crippen LogP contribution >= 0.6 is 0 Å². The van der Waals surface area contributed by atoms with Crippen LogP contribution in [0.15, 0.2) is 29.3 Å². The van der Waals surface area contributed by atoms with Crippen molar-refractivity contribution in [3.63, 3.8) is 0 Å². The van der Waals surface area contributed by atoms with Crippen molar-refractivity contribution in [1.82, 2.24) is 0 Å². The second kappa shape index (κ2) is 3.59. The number of anilines is 1. The van der Waals surface area contributed by atoms with Gasteiger partial charge in [-0.15, -0.1) is 0 Å². The molecule has 0 radical (unpaired) electrons. The van der Waals surface area contributed by atoms with E-state index in [9.17, 15) is 5.11 Å². The molecule has 1 saturated carbocycles. The van der Waals surface area contributed by atoms with Crippen LogP contribution in [0.2, 0.25) is 0 Å². The molecule has 0 bridgehead atoms. The highest BCUT2D eigenvalue weighted by atomic mass is 16.3. The topological polar surface area (TPSA) is 35.8 Å². The number of hydrogen-bond donors (Lipinski definition) is 1. The van der Waals surface area contributed by atoms with Gasteiger partial charge in [-0.3, -0.25) is 4.99 Å². The summed E-state index contributed by atoms with van der Waals surface area (Å²) in [4.78, 5) is 6.36. The lowest BCUT2D eigenvalue weighted by atomic mass is 10.1. The van der Waals surface area contributed by atoms with Crippen molar-refractivity contribution in [2.45, 2.75) is 24.9 Å². The molecule has 1 heterocycles. The van der Waals surface area contributed by atoms with Crippen molar-refractivity contribution in [2.24, 2.45) is 4.99 Å². The van der Waals surface area contributed by atoms with Gasteiger partial charge in [0.25, 0.3) is 0 Å². The first-order valence-electron chi connectivity index (χ1n) is 5.83. The SMILES string of the molecule is OC1(Cc2cccc(N3C=NCC3)c2)CC1. The van der Waals surface area contributed by atoms with E-state index in [-0.39, 0.29) is 0 Å². The fraction of sp³-hybridized carbons (Fsp3) is 0.462. The average molecular weight is 216 g/mol. The predicted molar refractivity (Wildman–Crippen MR) is 65.0 cm³/mol. The molecule has 3 heteroatoms. The predicted octanol–water partition coefficient (Wildman–Crippen LogP) is 1.60. The van der Waals surface area contributed by atoms with Crippen LogP contribution in [0, 0.1) is 0 Å². The Morgan fingerprint density at radius 2 is 2.25 bits per heavy atom. The summed E-state index contributed by atoms with van der Waals surface area (Å²) in [6.07, 6.45) is 4.57. The van der Waals surface area contributed by atoms with Crippen LogP contribution < -0.4 is 4.90 Å². The number of aliphatic hydroxyl groups is 1. The van der Waals surface area contributed by atoms with Gasteiger partial charge in [-0.25, -0.2) is 0 Å². The molecular weight excluding hydrogens is 200 g/mol. The third-order valence-corrected chi connectivity index (χ3v) is 3.29. The Kier molecular flexibility index (Phi) is 2.21. The summed E-state index contributed by atoms with van der Waals surface area (Å²) in [5, 5.41) is 9.90. The molecule has 3 nitrogen and oxygen atoms in total. The molecule has 84 valence electrons. The molecule has 1 N–H and O–H groups in total. The first kappa shape index (κ1) is 9.85. The van der Waals surface area contributed by atoms with Gasteiger partial charge in [-0.2, -0.15) is 0 Å². The molecule has 1 aromatic carbocycles. The van der Waals surface area contributed by atoms with Crippen molar-refractivity contribution in [2.75, 3.05) is 18.0 Å². The molecule has 1 fully saturated rings. The molecule has 0 atom stereocenters. The Morgan fingerprint density at radius 3 is 2.94 bits per heavy atom. The lowest BCUT2D eigenvalue weighted by Crippen LogP contribution is -2.18. The highest BCUT2D eigenvalue weighted by Crippen LogP contribution is 2.38. The molecule has 3 rings (SSSR count). The Morgan fingerprint density at radius 1 is 1.38 bits per heavy atom. The minimum atomic E-state index is -0.405. The fourth-order valence-electron chi connectivity index (χ4n) is 2.12. The maximum atomic E-state index is 9.90. The van der Waals surface area contributed by atoms with Crippen LogP contribution in [0.5, 0.6) is 0 Å². The summed E-state index contributed by atoms with van der Waals surface area (Å²) in [6, 6.07) is 8.40. The normalized spacial score (nSPS) is 21.4. The van der Waals surface area contributed by atoms with E-state index < -0.39 is 5.60 Å². The Hall–Kier alpha value is -1.35. The van der Waals surface area contributed by atoms with Gasteiger partial charge in [0, 0.05) is 18.7 Å². The standard InChI is InChI=1S/C13H16N2O/c16-13(4-5-13)9-11-2-1-3-12(8-11)15-7-6-14-10-15/h1-3,8,10,16H,4-7,9H2. The van der Waals surface area contributed by atoms with Crippen LogP contribution in [0.1, 0.15) is 18.4 Å². The highest BCUT2D eigenvalue weighted by molar-refractivity contribution is 5.81. The van der Waals surface area contributed by atoms with Gasteiger partial charge in [-0.1, -0.05) is 12.1 Å². The Bertz CT molecular complexity index is 424. The highest BCUT2D eigenvalue weighted by Gasteiger charge is 2.40. The van der Waals surface area contributed by atoms with E-state index in [1.54, 1.807) is 0 Å². The van der Waals surface area contributed by atoms with Crippen LogP contribution in [0.25, 0.3) is 0 Å². The zero-order valence-electron chi connectivity index (χ0n) is 9.26. The summed E-state index contributed by atoms with van der Waals surface area (Å²) in [5.74, 6) is 0. The molecule has 0 spiro atoms. The molecule has 0 aromatic heterocycles. The van der Waals surface area contributed by atoms with Crippen molar-refractivity contribution >= 4 is 12.0 Å². The lowest BCUT2D eigenvalue weighted by molar-refractivity contribution is 0.151. The van der Waals surface area contributed by atoms with E-state index in [1.165, 1.54) is 11.3 Å². The summed E-state index contributed by atoms with van der Waals surface area (Å²) in [5.41, 5.74) is 2.00. The number of nitrogens with zero attached hydrogens (tertiary/aromatic N) is 2. The number of rotatable bonds is 3. The van der Waals surface area contributed by atoms with Gasteiger partial charge in [0.05, 0.1) is 18.5 Å². The third-order valence-electron chi connectivity index (χ3n) is 3.29. The number of aliphatic imine (C=N–C) groups is 1. The molecular formula is C13H16N2O. The van der Waals surface area contributed by atoms with Crippen LogP contribution in [0.4, 0.5) is 5.69 Å². The zero-order chi connectivity index (χ0) is 11.0. The second-order valence-electron chi connectivity index (χ2n) is 4.79. The first-order chi connectivity index (χ1) is 7.75. The van der Waals surface area contributed by atoms with E-state index in [0.29, 0.717) is 0 Å². The second-order valence-corrected chi connectivity index (χ2v) is 4.79. The summed E-state index contributed by atoms with van der Waals surface area (Å²) in [6.45, 7) is 1.85. The van der Waals surface area contributed by atoms with Crippen molar-refractivity contribution in [3.8, 4) is 0 Å². The molecule has 2 aliphatic rings. The van der Waals surface area contributed by atoms with Crippen molar-refractivity contribution in [1.29, 1.82) is 0 Å². The van der Waals surface area contributed by atoms with Gasteiger partial charge < -0.3 is 10.0 Å². The van der Waals surface area contributed by atoms with Crippen LogP contribution in [0.3, 0.4) is 0 Å². The van der Waals surface area contributed by atoms with Gasteiger partial charge >= 0.3 is 0 Å². The number of benzene rings is 1. The maximum absolute atomic E-state index is 9.90. The average Bonchev–Trinajstić information content (AvgIpc) is 2.84. The van der Waals surface area contributed by atoms with E-state index in [0.717, 1.165) is 32.4 Å². The van der Waals surface area contributed by atoms with Gasteiger partial charge in [0.1, 0.15) is 0 Å². The Labute approximate surface area is 95.4 Å². The van der Waals surface area contributed by atoms with Gasteiger partial charge in [-0.05, 0) is 30.5 Å². The summed E-state index contributed by atoms with van der Waals surface area (Å²) >= 11 is 0. The lowest BCUT2D eigenvalue weighted by Gasteiger charge is -2.16. The smallest absolute Gasteiger partial charge is 0.0895 e. The summed E-state index contributed by atoms with van der Waals surface area (Å²) < 4.78 is 0. The van der Waals surface area contributed by atoms with Crippen LogP contribution in [-0.4, -0.2) is 30.1 Å². The van der Waals surface area contributed by atoms with Crippen LogP contribution in [-0.2, 0) is 6.42 Å². The van der Waals surface area contributed by atoms with Gasteiger partial charge in [0.15, 0.2) is 0 Å². The Balaban J connectivity index is 1.79. The molecule has 16 heavy (non-hydrogen) atoms. The van der Waals surface area contributed by atoms with Crippen molar-refractivity contribution < 1.29 is 5.11 Å². The monoisotopic (exact) mass is 216 g/mol. The van der Waals surface area contributed by atoms with Gasteiger partial charge in [0.2, 0.25) is 0 Å². The zero-order valence-corrected chi connectivity index (χ0v) is 9.26. The largest absolute Gasteiger partial charge is 0.390 e.